The number of aromatic nitrogens is 2. The minimum Gasteiger partial charge on any atom is -0.256 e. The molecule has 0 bridgehead atoms. The molecule has 0 aliphatic carbocycles. The largest absolute Gasteiger partial charge is 0.256 e. The first kappa shape index (κ1) is 25.5. The molecule has 0 radical (unpaired) electrons. The van der Waals surface area contributed by atoms with E-state index in [1.54, 1.807) is 0 Å². The Bertz CT molecular complexity index is 1530. The van der Waals surface area contributed by atoms with Crippen molar-refractivity contribution in [1.82, 2.24) is 9.97 Å². The Labute approximate surface area is 237 Å². The molecule has 0 N–H and O–H groups in total. The van der Waals surface area contributed by atoms with Crippen LogP contribution in [0.15, 0.2) is 146 Å². The van der Waals surface area contributed by atoms with Crippen molar-refractivity contribution < 1.29 is 0 Å². The molecule has 0 unspecified atom stereocenters. The van der Waals surface area contributed by atoms with Gasteiger partial charge in [0.1, 0.15) is 0 Å². The maximum atomic E-state index is 4.73. The fraction of sp³-hybridized carbons (Fsp3) is 0.105. The minimum absolute atomic E-state index is 0.962. The Morgan fingerprint density at radius 3 is 1.55 bits per heavy atom. The molecule has 6 aromatic rings. The Hall–Kier alpha value is -4.82. The van der Waals surface area contributed by atoms with Crippen molar-refractivity contribution in [2.24, 2.45) is 0 Å². The predicted octanol–water partition coefficient (Wildman–Crippen LogP) is 9.05. The van der Waals surface area contributed by atoms with Crippen LogP contribution in [0.25, 0.3) is 33.6 Å². The molecule has 2 aromatic heterocycles. The molecule has 2 heteroatoms. The maximum absolute atomic E-state index is 4.73. The Balaban J connectivity index is 1.15. The number of hydrogen-bond acceptors (Lipinski definition) is 2. The van der Waals surface area contributed by atoms with E-state index in [1.807, 2.05) is 30.6 Å². The van der Waals surface area contributed by atoms with Crippen LogP contribution in [0.5, 0.6) is 0 Å². The van der Waals surface area contributed by atoms with Crippen LogP contribution in [-0.4, -0.2) is 9.97 Å². The highest BCUT2D eigenvalue weighted by Crippen LogP contribution is 2.29. The van der Waals surface area contributed by atoms with Crippen molar-refractivity contribution in [3.63, 3.8) is 0 Å². The van der Waals surface area contributed by atoms with Crippen molar-refractivity contribution in [1.29, 1.82) is 0 Å². The summed E-state index contributed by atoms with van der Waals surface area (Å²) >= 11 is 0. The highest BCUT2D eigenvalue weighted by atomic mass is 14.7. The number of pyridine rings is 2. The van der Waals surface area contributed by atoms with Gasteiger partial charge in [-0.15, -0.1) is 0 Å². The average Bonchev–Trinajstić information content (AvgIpc) is 3.04. The van der Waals surface area contributed by atoms with Gasteiger partial charge >= 0.3 is 0 Å². The van der Waals surface area contributed by atoms with Crippen molar-refractivity contribution in [2.45, 2.75) is 25.7 Å². The van der Waals surface area contributed by atoms with E-state index >= 15 is 0 Å². The lowest BCUT2D eigenvalue weighted by atomic mass is 9.90. The second kappa shape index (κ2) is 12.4. The van der Waals surface area contributed by atoms with Gasteiger partial charge in [0, 0.05) is 23.5 Å². The fourth-order valence-electron chi connectivity index (χ4n) is 5.29. The van der Waals surface area contributed by atoms with Crippen LogP contribution in [0.3, 0.4) is 0 Å². The van der Waals surface area contributed by atoms with E-state index in [0.29, 0.717) is 0 Å². The van der Waals surface area contributed by atoms with E-state index in [9.17, 15) is 0 Å². The Kier molecular flexibility index (Phi) is 7.87. The molecular formula is C38H32N2. The number of aryl methyl sites for hydroxylation is 4. The number of nitrogens with zero attached hydrogens (tertiary/aromatic N) is 2. The summed E-state index contributed by atoms with van der Waals surface area (Å²) in [6.45, 7) is 0. The lowest BCUT2D eigenvalue weighted by Gasteiger charge is -2.14. The van der Waals surface area contributed by atoms with Crippen LogP contribution in [0.2, 0.25) is 0 Å². The first-order valence-corrected chi connectivity index (χ1v) is 14.0. The molecule has 0 spiro atoms. The van der Waals surface area contributed by atoms with E-state index in [-0.39, 0.29) is 0 Å². The van der Waals surface area contributed by atoms with Crippen LogP contribution in [0, 0.1) is 0 Å². The summed E-state index contributed by atoms with van der Waals surface area (Å²) in [7, 11) is 0. The molecule has 0 amide bonds. The summed E-state index contributed by atoms with van der Waals surface area (Å²) in [5, 5.41) is 0. The van der Waals surface area contributed by atoms with Crippen LogP contribution < -0.4 is 0 Å². The van der Waals surface area contributed by atoms with Gasteiger partial charge in [-0.25, -0.2) is 0 Å². The summed E-state index contributed by atoms with van der Waals surface area (Å²) < 4.78 is 0. The van der Waals surface area contributed by atoms with Gasteiger partial charge in [0.05, 0.1) is 11.4 Å². The second-order valence-corrected chi connectivity index (χ2v) is 10.1. The molecular weight excluding hydrogens is 484 g/mol. The third kappa shape index (κ3) is 6.08. The summed E-state index contributed by atoms with van der Waals surface area (Å²) in [6.07, 6.45) is 7.81. The van der Waals surface area contributed by atoms with Crippen molar-refractivity contribution in [3.05, 3.63) is 168 Å². The zero-order valence-electron chi connectivity index (χ0n) is 22.6. The molecule has 194 valence electrons. The highest BCUT2D eigenvalue weighted by Gasteiger charge is 2.10. The van der Waals surface area contributed by atoms with E-state index < -0.39 is 0 Å². The number of benzene rings is 4. The Morgan fingerprint density at radius 2 is 0.925 bits per heavy atom. The summed E-state index contributed by atoms with van der Waals surface area (Å²) in [4.78, 5) is 9.20. The molecule has 4 aromatic carbocycles. The van der Waals surface area contributed by atoms with E-state index in [1.165, 1.54) is 33.4 Å². The Morgan fingerprint density at radius 1 is 0.375 bits per heavy atom. The van der Waals surface area contributed by atoms with Gasteiger partial charge in [-0.05, 0) is 77.3 Å². The third-order valence-corrected chi connectivity index (χ3v) is 7.50. The van der Waals surface area contributed by atoms with E-state index in [2.05, 4.69) is 120 Å². The van der Waals surface area contributed by atoms with Gasteiger partial charge in [-0.2, -0.15) is 0 Å². The number of rotatable bonds is 9. The van der Waals surface area contributed by atoms with Crippen LogP contribution >= 0.6 is 0 Å². The second-order valence-electron chi connectivity index (χ2n) is 10.1. The summed E-state index contributed by atoms with van der Waals surface area (Å²) in [5.74, 6) is 0. The number of hydrogen-bond donors (Lipinski definition) is 0. The van der Waals surface area contributed by atoms with Crippen LogP contribution in [0.1, 0.15) is 22.3 Å². The standard InChI is InChI=1S/C38H32N2/c1-2-12-33(13-3-1)38-26-21-30(28-40-38)20-23-32-11-5-7-15-36(32)35-14-6-4-10-31(35)22-17-29-18-24-34(25-19-29)37-16-8-9-27-39-37/h1-16,18-19,21,24-28H,17,20,22-23H2. The normalized spacial score (nSPS) is 10.9. The van der Waals surface area contributed by atoms with Crippen molar-refractivity contribution in [2.75, 3.05) is 0 Å². The topological polar surface area (TPSA) is 25.8 Å². The molecule has 2 nitrogen and oxygen atoms in total. The summed E-state index contributed by atoms with van der Waals surface area (Å²) in [5.41, 5.74) is 12.4. The van der Waals surface area contributed by atoms with Gasteiger partial charge in [0.2, 0.25) is 0 Å². The van der Waals surface area contributed by atoms with Gasteiger partial charge in [0.15, 0.2) is 0 Å². The molecule has 6 rings (SSSR count). The summed E-state index contributed by atoms with van der Waals surface area (Å²) in [6, 6.07) is 47.3. The molecule has 0 aliphatic heterocycles. The quantitative estimate of drug-likeness (QED) is 0.192. The van der Waals surface area contributed by atoms with Crippen LogP contribution in [0.4, 0.5) is 0 Å². The van der Waals surface area contributed by atoms with E-state index in [4.69, 9.17) is 4.98 Å². The lowest BCUT2D eigenvalue weighted by molar-refractivity contribution is 0.945. The fourth-order valence-corrected chi connectivity index (χ4v) is 5.29. The first-order valence-electron chi connectivity index (χ1n) is 14.0. The molecule has 2 heterocycles. The third-order valence-electron chi connectivity index (χ3n) is 7.50. The van der Waals surface area contributed by atoms with Crippen molar-refractivity contribution >= 4 is 0 Å². The zero-order valence-corrected chi connectivity index (χ0v) is 22.6. The zero-order chi connectivity index (χ0) is 27.0. The monoisotopic (exact) mass is 516 g/mol. The molecule has 0 aliphatic rings. The lowest BCUT2D eigenvalue weighted by Crippen LogP contribution is -1.99. The van der Waals surface area contributed by atoms with Gasteiger partial charge in [-0.3, -0.25) is 9.97 Å². The van der Waals surface area contributed by atoms with Gasteiger partial charge < -0.3 is 0 Å². The maximum Gasteiger partial charge on any atom is 0.0702 e. The average molecular weight is 517 g/mol. The minimum atomic E-state index is 0.962. The van der Waals surface area contributed by atoms with Crippen molar-refractivity contribution in [3.8, 4) is 33.6 Å². The SMILES string of the molecule is c1ccc(-c2ccc(CCc3ccccc3-c3ccccc3CCc3ccc(-c4ccccn4)cc3)cn2)cc1. The first-order chi connectivity index (χ1) is 19.8. The molecule has 0 fully saturated rings. The molecule has 40 heavy (non-hydrogen) atoms. The van der Waals surface area contributed by atoms with Crippen LogP contribution in [-0.2, 0) is 25.7 Å². The van der Waals surface area contributed by atoms with Gasteiger partial charge in [0.25, 0.3) is 0 Å². The smallest absolute Gasteiger partial charge is 0.0702 e. The van der Waals surface area contributed by atoms with E-state index in [0.717, 1.165) is 48.2 Å². The predicted molar refractivity (Wildman–Crippen MR) is 166 cm³/mol. The molecule has 0 saturated carbocycles. The highest BCUT2D eigenvalue weighted by molar-refractivity contribution is 5.71. The molecule has 0 atom stereocenters. The molecule has 0 saturated heterocycles. The van der Waals surface area contributed by atoms with Gasteiger partial charge in [-0.1, -0.05) is 115 Å².